The van der Waals surface area contributed by atoms with Crippen LogP contribution in [0.15, 0.2) is 102 Å². The Labute approximate surface area is 185 Å². The number of nitroso groups, excluding NO2 is 1. The van der Waals surface area contributed by atoms with Crippen molar-refractivity contribution < 1.29 is 9.90 Å². The van der Waals surface area contributed by atoms with Crippen molar-refractivity contribution in [3.63, 3.8) is 0 Å². The third-order valence-electron chi connectivity index (χ3n) is 4.60. The molecule has 0 aromatic heterocycles. The average molecular weight is 426 g/mol. The Morgan fingerprint density at radius 1 is 0.625 bits per heavy atom. The zero-order chi connectivity index (χ0) is 22.9. The SMILES string of the molecule is Nc1ccc(-c2ccc(N=O)cc2)cc1.Nc1ccc(-c2ccc(NC(=O)O)cc2)cc1. The number of nitrogens with one attached hydrogen (secondary N) is 1. The van der Waals surface area contributed by atoms with E-state index in [1.165, 1.54) is 0 Å². The summed E-state index contributed by atoms with van der Waals surface area (Å²) in [7, 11) is 0. The van der Waals surface area contributed by atoms with E-state index in [0.717, 1.165) is 33.6 Å². The number of carboxylic acid groups (broad SMARTS) is 1. The maximum atomic E-state index is 10.4. The van der Waals surface area contributed by atoms with Crippen molar-refractivity contribution in [1.29, 1.82) is 0 Å². The number of anilines is 3. The van der Waals surface area contributed by atoms with E-state index >= 15 is 0 Å². The van der Waals surface area contributed by atoms with Crippen LogP contribution in [0.4, 0.5) is 27.5 Å². The lowest BCUT2D eigenvalue weighted by Crippen LogP contribution is -2.06. The van der Waals surface area contributed by atoms with Crippen LogP contribution in [0.3, 0.4) is 0 Å². The normalized spacial score (nSPS) is 9.88. The molecule has 0 aliphatic heterocycles. The molecule has 0 radical (unpaired) electrons. The van der Waals surface area contributed by atoms with Crippen LogP contribution in [0.2, 0.25) is 0 Å². The van der Waals surface area contributed by atoms with Crippen molar-refractivity contribution in [3.8, 4) is 22.3 Å². The van der Waals surface area contributed by atoms with Gasteiger partial charge in [-0.25, -0.2) is 4.79 Å². The molecule has 7 heteroatoms. The van der Waals surface area contributed by atoms with Crippen LogP contribution < -0.4 is 16.8 Å². The second-order valence-electron chi connectivity index (χ2n) is 6.89. The first-order chi connectivity index (χ1) is 15.4. The van der Waals surface area contributed by atoms with Crippen molar-refractivity contribution in [2.75, 3.05) is 16.8 Å². The Kier molecular flexibility index (Phi) is 7.16. The number of rotatable bonds is 4. The highest BCUT2D eigenvalue weighted by molar-refractivity contribution is 5.83. The molecule has 0 bridgehead atoms. The maximum Gasteiger partial charge on any atom is 0.409 e. The number of nitrogens with zero attached hydrogens (tertiary/aromatic N) is 1. The van der Waals surface area contributed by atoms with E-state index < -0.39 is 6.09 Å². The summed E-state index contributed by atoms with van der Waals surface area (Å²) in [5, 5.41) is 13.7. The smallest absolute Gasteiger partial charge is 0.409 e. The number of hydrogen-bond donors (Lipinski definition) is 4. The predicted molar refractivity (Wildman–Crippen MR) is 130 cm³/mol. The molecular formula is C25H22N4O3. The largest absolute Gasteiger partial charge is 0.465 e. The lowest BCUT2D eigenvalue weighted by molar-refractivity contribution is 0.210. The van der Waals surface area contributed by atoms with Gasteiger partial charge in [-0.05, 0) is 76.0 Å². The van der Waals surface area contributed by atoms with Gasteiger partial charge in [0.15, 0.2) is 0 Å². The quantitative estimate of drug-likeness (QED) is 0.223. The minimum atomic E-state index is -1.06. The molecule has 4 aromatic rings. The first-order valence-electron chi connectivity index (χ1n) is 9.70. The molecular weight excluding hydrogens is 404 g/mol. The molecule has 0 spiro atoms. The summed E-state index contributed by atoms with van der Waals surface area (Å²) in [6, 6.07) is 29.4. The molecule has 160 valence electrons. The summed E-state index contributed by atoms with van der Waals surface area (Å²) in [5.74, 6) is 0. The van der Waals surface area contributed by atoms with Crippen molar-refractivity contribution in [2.45, 2.75) is 0 Å². The fourth-order valence-electron chi connectivity index (χ4n) is 2.94. The number of hydrogen-bond acceptors (Lipinski definition) is 5. The van der Waals surface area contributed by atoms with Crippen molar-refractivity contribution in [1.82, 2.24) is 0 Å². The number of nitrogen functional groups attached to an aromatic ring is 2. The molecule has 32 heavy (non-hydrogen) atoms. The molecule has 0 atom stereocenters. The highest BCUT2D eigenvalue weighted by Gasteiger charge is 2.00. The molecule has 0 aliphatic rings. The van der Waals surface area contributed by atoms with Gasteiger partial charge in [0.05, 0.1) is 0 Å². The predicted octanol–water partition coefficient (Wildman–Crippen LogP) is 6.36. The van der Waals surface area contributed by atoms with Gasteiger partial charge in [-0.3, -0.25) is 5.32 Å². The molecule has 0 heterocycles. The minimum absolute atomic E-state index is 0.439. The monoisotopic (exact) mass is 426 g/mol. The van der Waals surface area contributed by atoms with Gasteiger partial charge in [-0.2, -0.15) is 0 Å². The number of nitrogens with two attached hydrogens (primary N) is 2. The van der Waals surface area contributed by atoms with Gasteiger partial charge in [0.1, 0.15) is 5.69 Å². The Balaban J connectivity index is 0.000000182. The van der Waals surface area contributed by atoms with E-state index in [0.29, 0.717) is 11.4 Å². The third kappa shape index (κ3) is 6.17. The van der Waals surface area contributed by atoms with E-state index in [2.05, 4.69) is 10.5 Å². The molecule has 0 saturated heterocycles. The second kappa shape index (κ2) is 10.4. The molecule has 0 saturated carbocycles. The number of amides is 1. The maximum absolute atomic E-state index is 10.4. The standard InChI is InChI=1S/C13H12N2O2.C12H10N2O/c14-11-5-1-9(2-6-11)10-3-7-12(8-4-10)15-13(16)17;13-11-5-1-9(2-6-11)10-3-7-12(14-15)8-4-10/h1-8,15H,14H2,(H,16,17);1-8H,13H2. The van der Waals surface area contributed by atoms with Crippen molar-refractivity contribution in [2.24, 2.45) is 5.18 Å². The average Bonchev–Trinajstić information content (AvgIpc) is 2.81. The molecule has 0 unspecified atom stereocenters. The van der Waals surface area contributed by atoms with Gasteiger partial charge < -0.3 is 16.6 Å². The second-order valence-corrected chi connectivity index (χ2v) is 6.89. The van der Waals surface area contributed by atoms with Gasteiger partial charge in [-0.1, -0.05) is 48.5 Å². The van der Waals surface area contributed by atoms with Gasteiger partial charge in [0, 0.05) is 17.1 Å². The van der Waals surface area contributed by atoms with Crippen LogP contribution in [-0.2, 0) is 0 Å². The third-order valence-corrected chi connectivity index (χ3v) is 4.60. The van der Waals surface area contributed by atoms with Crippen LogP contribution in [0.5, 0.6) is 0 Å². The van der Waals surface area contributed by atoms with Crippen LogP contribution in [0.1, 0.15) is 0 Å². The first-order valence-corrected chi connectivity index (χ1v) is 9.70. The molecule has 0 aliphatic carbocycles. The summed E-state index contributed by atoms with van der Waals surface area (Å²) < 4.78 is 0. The van der Waals surface area contributed by atoms with Crippen molar-refractivity contribution >= 4 is 28.8 Å². The number of benzene rings is 4. The molecule has 4 rings (SSSR count). The van der Waals surface area contributed by atoms with E-state index in [4.69, 9.17) is 16.6 Å². The van der Waals surface area contributed by atoms with Crippen LogP contribution in [0, 0.1) is 4.91 Å². The van der Waals surface area contributed by atoms with Crippen LogP contribution in [-0.4, -0.2) is 11.2 Å². The van der Waals surface area contributed by atoms with E-state index in [1.54, 1.807) is 24.3 Å². The summed E-state index contributed by atoms with van der Waals surface area (Å²) in [6.45, 7) is 0. The zero-order valence-corrected chi connectivity index (χ0v) is 17.1. The summed E-state index contributed by atoms with van der Waals surface area (Å²) >= 11 is 0. The Bertz CT molecular complexity index is 1170. The van der Waals surface area contributed by atoms with Gasteiger partial charge in [0.25, 0.3) is 0 Å². The lowest BCUT2D eigenvalue weighted by atomic mass is 10.1. The molecule has 4 aromatic carbocycles. The van der Waals surface area contributed by atoms with Crippen LogP contribution in [0.25, 0.3) is 22.3 Å². The summed E-state index contributed by atoms with van der Waals surface area (Å²) in [6.07, 6.45) is -1.06. The van der Waals surface area contributed by atoms with E-state index in [-0.39, 0.29) is 0 Å². The highest BCUT2D eigenvalue weighted by atomic mass is 16.4. The van der Waals surface area contributed by atoms with Gasteiger partial charge in [0.2, 0.25) is 0 Å². The topological polar surface area (TPSA) is 131 Å². The fourth-order valence-corrected chi connectivity index (χ4v) is 2.94. The van der Waals surface area contributed by atoms with Gasteiger partial charge >= 0.3 is 6.09 Å². The molecule has 0 fully saturated rings. The Hall–Kier alpha value is -4.65. The fraction of sp³-hybridized carbons (Fsp3) is 0. The molecule has 7 nitrogen and oxygen atoms in total. The molecule has 1 amide bonds. The summed E-state index contributed by atoms with van der Waals surface area (Å²) in [4.78, 5) is 20.7. The Morgan fingerprint density at radius 3 is 1.31 bits per heavy atom. The zero-order valence-electron chi connectivity index (χ0n) is 17.1. The Morgan fingerprint density at radius 2 is 0.969 bits per heavy atom. The van der Waals surface area contributed by atoms with Gasteiger partial charge in [-0.15, -0.1) is 4.91 Å². The molecule has 6 N–H and O–H groups in total. The minimum Gasteiger partial charge on any atom is -0.465 e. The first kappa shape index (κ1) is 22.0. The van der Waals surface area contributed by atoms with E-state index in [1.807, 2.05) is 72.8 Å². The number of carbonyl (C=O) groups is 1. The summed E-state index contributed by atoms with van der Waals surface area (Å²) in [5.41, 5.74) is 17.8. The van der Waals surface area contributed by atoms with Crippen molar-refractivity contribution in [3.05, 3.63) is 102 Å². The van der Waals surface area contributed by atoms with E-state index in [9.17, 15) is 9.70 Å². The lowest BCUT2D eigenvalue weighted by Gasteiger charge is -2.04. The highest BCUT2D eigenvalue weighted by Crippen LogP contribution is 2.24. The van der Waals surface area contributed by atoms with Crippen LogP contribution >= 0.6 is 0 Å².